The Hall–Kier alpha value is 0.300. The fourth-order valence-corrected chi connectivity index (χ4v) is 3.70. The van der Waals surface area contributed by atoms with E-state index in [2.05, 4.69) is 77.5 Å². The van der Waals surface area contributed by atoms with E-state index in [4.69, 9.17) is 0 Å². The molecule has 0 radical (unpaired) electrons. The molecular weight excluding hydrogens is 625 g/mol. The molecule has 0 fully saturated rings. The Balaban J connectivity index is 2.80. The van der Waals surface area contributed by atoms with Gasteiger partial charge in [-0.05, 0) is 85.8 Å². The summed E-state index contributed by atoms with van der Waals surface area (Å²) in [6, 6.07) is 3.53. The van der Waals surface area contributed by atoms with Crippen LogP contribution in [0.15, 0.2) is 16.5 Å². The summed E-state index contributed by atoms with van der Waals surface area (Å²) >= 11 is 6.46. The average Bonchev–Trinajstić information content (AvgIpc) is 2.22. The number of halogens is 3. The zero-order valence-electron chi connectivity index (χ0n) is 9.98. The molecule has 0 unspecified atom stereocenters. The maximum atomic E-state index is 11.6. The van der Waals surface area contributed by atoms with Crippen molar-refractivity contribution >= 4 is 95.3 Å². The Morgan fingerprint density at radius 2 is 1.80 bits per heavy atom. The smallest absolute Gasteiger partial charge is 0.249 e. The second-order valence-electron chi connectivity index (χ2n) is 3.70. The molecule has 20 heavy (non-hydrogen) atoms. The summed E-state index contributed by atoms with van der Waals surface area (Å²) < 4.78 is 27.5. The van der Waals surface area contributed by atoms with Gasteiger partial charge in [-0.2, -0.15) is 4.40 Å². The van der Waals surface area contributed by atoms with Crippen molar-refractivity contribution in [2.24, 2.45) is 4.40 Å². The van der Waals surface area contributed by atoms with Crippen LogP contribution in [-0.4, -0.2) is 26.5 Å². The fraction of sp³-hybridized carbons (Fsp3) is 0.200. The molecule has 0 atom stereocenters. The van der Waals surface area contributed by atoms with Crippen LogP contribution in [0, 0.1) is 10.7 Å². The number of carbonyl (C=O) groups excluding carboxylic acids is 1. The SMILES string of the molecule is CS(=O)(=O)/N=C(/[O-])CC(=O)Nc1cc(I)c(I)c(I)c1. The van der Waals surface area contributed by atoms with Crippen molar-refractivity contribution in [2.45, 2.75) is 6.42 Å². The van der Waals surface area contributed by atoms with Gasteiger partial charge in [0.25, 0.3) is 0 Å². The van der Waals surface area contributed by atoms with Gasteiger partial charge in [-0.1, -0.05) is 0 Å². The Labute approximate surface area is 157 Å². The van der Waals surface area contributed by atoms with Gasteiger partial charge in [0.05, 0.1) is 12.7 Å². The zero-order valence-corrected chi connectivity index (χ0v) is 17.3. The molecule has 0 heterocycles. The maximum Gasteiger partial charge on any atom is 0.249 e. The van der Waals surface area contributed by atoms with Crippen molar-refractivity contribution in [3.05, 3.63) is 22.8 Å². The van der Waals surface area contributed by atoms with E-state index in [0.29, 0.717) is 5.69 Å². The topological polar surface area (TPSA) is 98.7 Å². The van der Waals surface area contributed by atoms with Gasteiger partial charge in [-0.15, -0.1) is 0 Å². The lowest BCUT2D eigenvalue weighted by molar-refractivity contribution is -0.217. The van der Waals surface area contributed by atoms with Gasteiger partial charge in [-0.25, -0.2) is 8.42 Å². The van der Waals surface area contributed by atoms with Crippen LogP contribution in [-0.2, 0) is 14.8 Å². The summed E-state index contributed by atoms with van der Waals surface area (Å²) in [6.45, 7) is 0. The van der Waals surface area contributed by atoms with E-state index in [1.54, 1.807) is 12.1 Å². The Morgan fingerprint density at radius 1 is 1.30 bits per heavy atom. The first-order chi connectivity index (χ1) is 9.08. The van der Waals surface area contributed by atoms with Gasteiger partial charge in [0, 0.05) is 16.4 Å². The predicted molar refractivity (Wildman–Crippen MR) is 100 cm³/mol. The molecule has 0 aliphatic heterocycles. The van der Waals surface area contributed by atoms with Gasteiger partial charge < -0.3 is 10.4 Å². The van der Waals surface area contributed by atoms with E-state index in [1.165, 1.54) is 0 Å². The number of carbonyl (C=O) groups is 1. The minimum atomic E-state index is -3.77. The molecular formula is C10H8I3N2O4S-. The Morgan fingerprint density at radius 3 is 2.25 bits per heavy atom. The van der Waals surface area contributed by atoms with Crippen molar-refractivity contribution in [1.82, 2.24) is 0 Å². The second-order valence-corrected chi connectivity index (χ2v) is 8.75. The largest absolute Gasteiger partial charge is 0.861 e. The fourth-order valence-electron chi connectivity index (χ4n) is 1.19. The van der Waals surface area contributed by atoms with Gasteiger partial charge in [0.2, 0.25) is 15.9 Å². The molecule has 0 aromatic heterocycles. The zero-order chi connectivity index (χ0) is 15.5. The van der Waals surface area contributed by atoms with Crippen LogP contribution in [0.5, 0.6) is 0 Å². The summed E-state index contributed by atoms with van der Waals surface area (Å²) in [4.78, 5) is 11.6. The average molecular weight is 633 g/mol. The lowest BCUT2D eigenvalue weighted by Gasteiger charge is -2.11. The van der Waals surface area contributed by atoms with Gasteiger partial charge in [-0.3, -0.25) is 4.79 Å². The summed E-state index contributed by atoms with van der Waals surface area (Å²) in [5, 5.41) is 13.8. The molecule has 1 aromatic carbocycles. The van der Waals surface area contributed by atoms with Crippen LogP contribution >= 0.6 is 67.8 Å². The summed E-state index contributed by atoms with van der Waals surface area (Å²) in [5.41, 5.74) is 0.552. The Kier molecular flexibility index (Phi) is 6.91. The van der Waals surface area contributed by atoms with E-state index >= 15 is 0 Å². The molecule has 0 spiro atoms. The van der Waals surface area contributed by atoms with Gasteiger partial charge >= 0.3 is 0 Å². The molecule has 0 bridgehead atoms. The monoisotopic (exact) mass is 633 g/mol. The van der Waals surface area contributed by atoms with Gasteiger partial charge in [0.15, 0.2) is 0 Å². The normalized spacial score (nSPS) is 12.3. The van der Waals surface area contributed by atoms with E-state index < -0.39 is 28.2 Å². The first-order valence-electron chi connectivity index (χ1n) is 4.98. The Bertz CT molecular complexity index is 650. The van der Waals surface area contributed by atoms with Crippen molar-refractivity contribution in [3.63, 3.8) is 0 Å². The molecule has 10 heteroatoms. The number of nitrogens with one attached hydrogen (secondary N) is 1. The van der Waals surface area contributed by atoms with Gasteiger partial charge in [0.1, 0.15) is 0 Å². The number of sulfonamides is 1. The number of nitrogens with zero attached hydrogens (tertiary/aromatic N) is 1. The third-order valence-electron chi connectivity index (χ3n) is 1.85. The quantitative estimate of drug-likeness (QED) is 0.236. The molecule has 6 nitrogen and oxygen atoms in total. The number of rotatable bonds is 4. The molecule has 1 N–H and O–H groups in total. The first-order valence-corrected chi connectivity index (χ1v) is 10.1. The van der Waals surface area contributed by atoms with Crippen LogP contribution in [0.3, 0.4) is 0 Å². The van der Waals surface area contributed by atoms with E-state index in [-0.39, 0.29) is 0 Å². The van der Waals surface area contributed by atoms with Crippen LogP contribution in [0.4, 0.5) is 5.69 Å². The summed E-state index contributed by atoms with van der Waals surface area (Å²) in [7, 11) is -3.77. The highest BCUT2D eigenvalue weighted by molar-refractivity contribution is 14.1. The number of hydrogen-bond donors (Lipinski definition) is 1. The number of benzene rings is 1. The second kappa shape index (κ2) is 7.53. The molecule has 1 rings (SSSR count). The van der Waals surface area contributed by atoms with Crippen LogP contribution in [0.25, 0.3) is 0 Å². The van der Waals surface area contributed by atoms with Crippen LogP contribution < -0.4 is 10.4 Å². The molecule has 0 aliphatic rings. The van der Waals surface area contributed by atoms with E-state index in [1.807, 2.05) is 0 Å². The minimum Gasteiger partial charge on any atom is -0.861 e. The predicted octanol–water partition coefficient (Wildman–Crippen LogP) is 1.55. The molecule has 1 amide bonds. The number of anilines is 1. The first kappa shape index (κ1) is 18.3. The van der Waals surface area contributed by atoms with Crippen LogP contribution in [0.1, 0.15) is 6.42 Å². The highest BCUT2D eigenvalue weighted by Gasteiger charge is 2.08. The lowest BCUT2D eigenvalue weighted by atomic mass is 10.3. The summed E-state index contributed by atoms with van der Waals surface area (Å²) in [5.74, 6) is -1.59. The highest BCUT2D eigenvalue weighted by atomic mass is 127. The summed E-state index contributed by atoms with van der Waals surface area (Å²) in [6.07, 6.45) is 0.193. The van der Waals surface area contributed by atoms with E-state index in [0.717, 1.165) is 17.0 Å². The third-order valence-corrected chi connectivity index (χ3v) is 7.31. The number of amides is 1. The van der Waals surface area contributed by atoms with Crippen molar-refractivity contribution in [2.75, 3.05) is 11.6 Å². The standard InChI is InChI=1S/C10H9I3N2O4S/c1-20(18,19)15-9(17)4-8(16)14-5-2-6(11)10(13)7(12)3-5/h2-3H,4H2,1H3,(H,14,16)(H,15,17)/p-1. The molecule has 0 aliphatic carbocycles. The lowest BCUT2D eigenvalue weighted by Crippen LogP contribution is -2.26. The van der Waals surface area contributed by atoms with Crippen molar-refractivity contribution in [3.8, 4) is 0 Å². The van der Waals surface area contributed by atoms with Crippen molar-refractivity contribution in [1.29, 1.82) is 0 Å². The van der Waals surface area contributed by atoms with Crippen molar-refractivity contribution < 1.29 is 18.3 Å². The molecule has 1 aromatic rings. The highest BCUT2D eigenvalue weighted by Crippen LogP contribution is 2.25. The van der Waals surface area contributed by atoms with Crippen LogP contribution in [0.2, 0.25) is 0 Å². The molecule has 110 valence electrons. The molecule has 0 saturated heterocycles. The minimum absolute atomic E-state index is 0.552. The molecule has 0 saturated carbocycles. The van der Waals surface area contributed by atoms with E-state index in [9.17, 15) is 18.3 Å². The number of hydrogen-bond acceptors (Lipinski definition) is 4. The third kappa shape index (κ3) is 6.38. The maximum absolute atomic E-state index is 11.6.